The summed E-state index contributed by atoms with van der Waals surface area (Å²) in [5, 5.41) is 13.2. The summed E-state index contributed by atoms with van der Waals surface area (Å²) in [5.74, 6) is 0.289. The first-order chi connectivity index (χ1) is 12.7. The molecule has 0 saturated carbocycles. The number of nitrogens with one attached hydrogen (secondary N) is 2. The molecule has 1 aromatic heterocycles. The molecule has 4 rings (SSSR count). The first kappa shape index (κ1) is 19.4. The molecule has 1 saturated heterocycles. The fourth-order valence-electron chi connectivity index (χ4n) is 3.90. The van der Waals surface area contributed by atoms with Crippen molar-refractivity contribution in [3.05, 3.63) is 66.0 Å². The number of carbonyl (C=O) groups excluding carboxylic acids is 1. The molecule has 0 bridgehead atoms. The van der Waals surface area contributed by atoms with E-state index < -0.39 is 0 Å². The van der Waals surface area contributed by atoms with Crippen LogP contribution in [0.4, 0.5) is 0 Å². The van der Waals surface area contributed by atoms with Crippen LogP contribution in [0.25, 0.3) is 10.8 Å². The van der Waals surface area contributed by atoms with Crippen LogP contribution < -0.4 is 10.6 Å². The Balaban J connectivity index is 0.00000210. The summed E-state index contributed by atoms with van der Waals surface area (Å²) in [5.41, 5.74) is 2.41. The number of carbonyl (C=O) groups is 1. The van der Waals surface area contributed by atoms with Crippen molar-refractivity contribution in [3.8, 4) is 0 Å². The minimum atomic E-state index is -0.0354. The fourth-order valence-corrected chi connectivity index (χ4v) is 3.90. The molecule has 1 amide bonds. The Labute approximate surface area is 165 Å². The van der Waals surface area contributed by atoms with Gasteiger partial charge in [0, 0.05) is 38.8 Å². The quantitative estimate of drug-likeness (QED) is 0.711. The van der Waals surface area contributed by atoms with Crippen LogP contribution in [0.15, 0.2) is 54.9 Å². The molecule has 27 heavy (non-hydrogen) atoms. The maximum atomic E-state index is 12.7. The first-order valence-corrected chi connectivity index (χ1v) is 9.16. The predicted molar refractivity (Wildman–Crippen MR) is 110 cm³/mol. The van der Waals surface area contributed by atoms with Gasteiger partial charge < -0.3 is 10.6 Å². The van der Waals surface area contributed by atoms with Crippen LogP contribution in [-0.2, 0) is 18.3 Å². The van der Waals surface area contributed by atoms with Crippen LogP contribution in [0.5, 0.6) is 0 Å². The van der Waals surface area contributed by atoms with Gasteiger partial charge in [0.1, 0.15) is 0 Å². The monoisotopic (exact) mass is 384 g/mol. The van der Waals surface area contributed by atoms with E-state index in [-0.39, 0.29) is 30.2 Å². The number of nitrogens with zero attached hydrogens (tertiary/aromatic N) is 2. The van der Waals surface area contributed by atoms with Gasteiger partial charge in [-0.3, -0.25) is 9.48 Å². The van der Waals surface area contributed by atoms with E-state index in [0.717, 1.165) is 25.1 Å². The van der Waals surface area contributed by atoms with Gasteiger partial charge >= 0.3 is 0 Å². The molecule has 0 radical (unpaired) electrons. The highest BCUT2D eigenvalue weighted by atomic mass is 35.5. The second-order valence-corrected chi connectivity index (χ2v) is 7.00. The molecule has 5 nitrogen and oxygen atoms in total. The van der Waals surface area contributed by atoms with Gasteiger partial charge in [0.05, 0.1) is 12.1 Å². The fraction of sp³-hybridized carbons (Fsp3) is 0.333. The SMILES string of the molecule is Cl.Cn1cc([C@H]2CNC[C@@H]2C(=O)NCCc2cccc3ccccc23)cn1. The van der Waals surface area contributed by atoms with E-state index in [9.17, 15) is 4.79 Å². The molecule has 1 aliphatic rings. The van der Waals surface area contributed by atoms with Crippen molar-refractivity contribution < 1.29 is 4.79 Å². The second-order valence-electron chi connectivity index (χ2n) is 7.00. The predicted octanol–water partition coefficient (Wildman–Crippen LogP) is 2.66. The average molecular weight is 385 g/mol. The van der Waals surface area contributed by atoms with Crippen LogP contribution >= 0.6 is 12.4 Å². The molecule has 1 aliphatic heterocycles. The van der Waals surface area contributed by atoms with Crippen LogP contribution in [0, 0.1) is 5.92 Å². The molecule has 0 spiro atoms. The van der Waals surface area contributed by atoms with Gasteiger partial charge in [-0.2, -0.15) is 5.10 Å². The smallest absolute Gasteiger partial charge is 0.225 e. The molecule has 0 aliphatic carbocycles. The van der Waals surface area contributed by atoms with Crippen molar-refractivity contribution in [2.75, 3.05) is 19.6 Å². The lowest BCUT2D eigenvalue weighted by molar-refractivity contribution is -0.124. The third-order valence-electron chi connectivity index (χ3n) is 5.28. The van der Waals surface area contributed by atoms with Gasteiger partial charge in [0.15, 0.2) is 0 Å². The maximum absolute atomic E-state index is 12.7. The van der Waals surface area contributed by atoms with Crippen LogP contribution in [0.1, 0.15) is 17.0 Å². The Morgan fingerprint density at radius 2 is 2.04 bits per heavy atom. The van der Waals surface area contributed by atoms with Gasteiger partial charge in [0.2, 0.25) is 5.91 Å². The third kappa shape index (κ3) is 4.15. The van der Waals surface area contributed by atoms with Gasteiger partial charge in [-0.1, -0.05) is 42.5 Å². The van der Waals surface area contributed by atoms with Gasteiger partial charge in [0.25, 0.3) is 0 Å². The standard InChI is InChI=1S/C21H24N4O.ClH/c1-25-14-17(11-24-25)19-12-22-13-20(19)21(26)23-10-9-16-7-4-6-15-5-2-3-8-18(15)16;/h2-8,11,14,19-20,22H,9-10,12-13H2,1H3,(H,23,26);1H/t19-,20+;/m1./s1. The van der Waals surface area contributed by atoms with Crippen molar-refractivity contribution in [1.29, 1.82) is 0 Å². The topological polar surface area (TPSA) is 59.0 Å². The minimum absolute atomic E-state index is 0. The molecule has 6 heteroatoms. The molecular weight excluding hydrogens is 360 g/mol. The van der Waals surface area contributed by atoms with Crippen LogP contribution in [0.2, 0.25) is 0 Å². The normalized spacial score (nSPS) is 19.0. The van der Waals surface area contributed by atoms with Crippen molar-refractivity contribution in [2.24, 2.45) is 13.0 Å². The lowest BCUT2D eigenvalue weighted by Crippen LogP contribution is -2.35. The van der Waals surface area contributed by atoms with E-state index in [1.54, 1.807) is 4.68 Å². The Morgan fingerprint density at radius 3 is 2.85 bits per heavy atom. The van der Waals surface area contributed by atoms with Crippen LogP contribution in [-0.4, -0.2) is 35.3 Å². The zero-order valence-electron chi connectivity index (χ0n) is 15.4. The van der Waals surface area contributed by atoms with Crippen molar-refractivity contribution in [3.63, 3.8) is 0 Å². The summed E-state index contributed by atoms with van der Waals surface area (Å²) in [6.07, 6.45) is 4.72. The van der Waals surface area contributed by atoms with Gasteiger partial charge in [-0.25, -0.2) is 0 Å². The minimum Gasteiger partial charge on any atom is -0.355 e. The number of halogens is 1. The Hall–Kier alpha value is -2.37. The maximum Gasteiger partial charge on any atom is 0.225 e. The number of amides is 1. The Morgan fingerprint density at radius 1 is 1.22 bits per heavy atom. The molecule has 2 N–H and O–H groups in total. The van der Waals surface area contributed by atoms with Crippen molar-refractivity contribution in [1.82, 2.24) is 20.4 Å². The van der Waals surface area contributed by atoms with E-state index in [4.69, 9.17) is 0 Å². The summed E-state index contributed by atoms with van der Waals surface area (Å²) >= 11 is 0. The van der Waals surface area contributed by atoms with E-state index in [2.05, 4.69) is 58.2 Å². The molecule has 142 valence electrons. The van der Waals surface area contributed by atoms with E-state index in [1.807, 2.05) is 19.4 Å². The zero-order chi connectivity index (χ0) is 17.9. The number of benzene rings is 2. The second kappa shape index (κ2) is 8.55. The molecule has 2 aromatic carbocycles. The van der Waals surface area contributed by atoms with Crippen molar-refractivity contribution in [2.45, 2.75) is 12.3 Å². The molecule has 2 heterocycles. The number of aromatic nitrogens is 2. The molecule has 0 unspecified atom stereocenters. The lowest BCUT2D eigenvalue weighted by Gasteiger charge is -2.17. The Bertz CT molecular complexity index is 918. The van der Waals surface area contributed by atoms with E-state index >= 15 is 0 Å². The van der Waals surface area contributed by atoms with E-state index in [0.29, 0.717) is 6.54 Å². The number of aryl methyl sites for hydroxylation is 1. The number of hydrogen-bond donors (Lipinski definition) is 2. The number of hydrogen-bond acceptors (Lipinski definition) is 3. The lowest BCUT2D eigenvalue weighted by atomic mass is 9.90. The summed E-state index contributed by atoms with van der Waals surface area (Å²) in [4.78, 5) is 12.7. The highest BCUT2D eigenvalue weighted by Gasteiger charge is 2.34. The average Bonchev–Trinajstić information content (AvgIpc) is 3.30. The summed E-state index contributed by atoms with van der Waals surface area (Å²) < 4.78 is 1.79. The molecule has 2 atom stereocenters. The summed E-state index contributed by atoms with van der Waals surface area (Å²) in [6, 6.07) is 14.7. The highest BCUT2D eigenvalue weighted by molar-refractivity contribution is 5.86. The third-order valence-corrected chi connectivity index (χ3v) is 5.28. The summed E-state index contributed by atoms with van der Waals surface area (Å²) in [6.45, 7) is 2.20. The van der Waals surface area contributed by atoms with E-state index in [1.165, 1.54) is 16.3 Å². The number of rotatable bonds is 5. The van der Waals surface area contributed by atoms with Crippen LogP contribution in [0.3, 0.4) is 0 Å². The number of fused-ring (bicyclic) bond motifs is 1. The molecule has 3 aromatic rings. The summed E-state index contributed by atoms with van der Waals surface area (Å²) in [7, 11) is 1.91. The molecule has 1 fully saturated rings. The van der Waals surface area contributed by atoms with Gasteiger partial charge in [-0.15, -0.1) is 12.4 Å². The van der Waals surface area contributed by atoms with Gasteiger partial charge in [-0.05, 0) is 28.3 Å². The molecular formula is C21H25ClN4O. The largest absolute Gasteiger partial charge is 0.355 e. The van der Waals surface area contributed by atoms with Crippen molar-refractivity contribution >= 4 is 29.1 Å². The Kier molecular flexibility index (Phi) is 6.14. The first-order valence-electron chi connectivity index (χ1n) is 9.16. The highest BCUT2D eigenvalue weighted by Crippen LogP contribution is 2.28. The zero-order valence-corrected chi connectivity index (χ0v) is 16.2.